The Morgan fingerprint density at radius 3 is 2.65 bits per heavy atom. The smallest absolute Gasteiger partial charge is 0.193 e. The van der Waals surface area contributed by atoms with Crippen molar-refractivity contribution in [2.75, 3.05) is 0 Å². The average Bonchev–Trinajstić information content (AvgIpc) is 2.31. The summed E-state index contributed by atoms with van der Waals surface area (Å²) in [4.78, 5) is 12.1. The number of halogens is 2. The number of carbonyl (C=O) groups is 1. The van der Waals surface area contributed by atoms with Gasteiger partial charge >= 0.3 is 0 Å². The van der Waals surface area contributed by atoms with Crippen LogP contribution in [0.2, 0.25) is 5.02 Å². The highest BCUT2D eigenvalue weighted by Gasteiger charge is 2.12. The van der Waals surface area contributed by atoms with Crippen LogP contribution >= 0.6 is 11.6 Å². The minimum atomic E-state index is -0.416. The number of hydrogen-bond donors (Lipinski definition) is 0. The number of carbonyl (C=O) groups excluding carboxylic acids is 1. The number of aryl methyl sites for hydroxylation is 1. The lowest BCUT2D eigenvalue weighted by Gasteiger charge is -2.05. The highest BCUT2D eigenvalue weighted by Crippen LogP contribution is 2.18. The lowest BCUT2D eigenvalue weighted by Crippen LogP contribution is -2.04. The van der Waals surface area contributed by atoms with Crippen molar-refractivity contribution >= 4 is 17.4 Å². The Hall–Kier alpha value is -1.67. The van der Waals surface area contributed by atoms with Gasteiger partial charge in [0.2, 0.25) is 0 Å². The molecule has 2 rings (SSSR count). The van der Waals surface area contributed by atoms with E-state index in [1.807, 2.05) is 0 Å². The Morgan fingerprint density at radius 1 is 1.18 bits per heavy atom. The summed E-state index contributed by atoms with van der Waals surface area (Å²) in [5, 5.41) is 0.491. The minimum absolute atomic E-state index is 0.218. The van der Waals surface area contributed by atoms with Crippen molar-refractivity contribution in [1.29, 1.82) is 0 Å². The van der Waals surface area contributed by atoms with Gasteiger partial charge in [-0.05, 0) is 36.8 Å². The molecule has 3 heteroatoms. The molecule has 0 saturated carbocycles. The summed E-state index contributed by atoms with van der Waals surface area (Å²) >= 11 is 5.82. The molecule has 2 aromatic carbocycles. The number of ketones is 1. The molecule has 0 fully saturated rings. The monoisotopic (exact) mass is 248 g/mol. The molecule has 0 aromatic heterocycles. The molecule has 0 radical (unpaired) electrons. The fraction of sp³-hybridized carbons (Fsp3) is 0.0714. The molecule has 86 valence electrons. The van der Waals surface area contributed by atoms with E-state index in [9.17, 15) is 9.18 Å². The van der Waals surface area contributed by atoms with Gasteiger partial charge in [0.05, 0.1) is 0 Å². The van der Waals surface area contributed by atoms with Crippen LogP contribution in [-0.4, -0.2) is 5.78 Å². The van der Waals surface area contributed by atoms with E-state index in [-0.39, 0.29) is 5.78 Å². The first-order valence-corrected chi connectivity index (χ1v) is 5.52. The Kier molecular flexibility index (Phi) is 3.25. The largest absolute Gasteiger partial charge is 0.289 e. The van der Waals surface area contributed by atoms with Gasteiger partial charge in [0.25, 0.3) is 0 Å². The fourth-order valence-electron chi connectivity index (χ4n) is 1.62. The molecule has 0 bridgehead atoms. The average molecular weight is 249 g/mol. The Bertz CT molecular complexity index is 578. The third-order valence-corrected chi connectivity index (χ3v) is 2.77. The quantitative estimate of drug-likeness (QED) is 0.734. The second-order valence-corrected chi connectivity index (χ2v) is 4.24. The maximum absolute atomic E-state index is 13.1. The Labute approximate surface area is 104 Å². The zero-order chi connectivity index (χ0) is 12.4. The summed E-state index contributed by atoms with van der Waals surface area (Å²) in [6.45, 7) is 1.78. The van der Waals surface area contributed by atoms with E-state index in [4.69, 9.17) is 11.6 Å². The van der Waals surface area contributed by atoms with Gasteiger partial charge < -0.3 is 0 Å². The van der Waals surface area contributed by atoms with Crippen molar-refractivity contribution in [2.45, 2.75) is 6.92 Å². The van der Waals surface area contributed by atoms with Crippen molar-refractivity contribution in [1.82, 2.24) is 0 Å². The van der Waals surface area contributed by atoms with Gasteiger partial charge in [-0.25, -0.2) is 4.39 Å². The van der Waals surface area contributed by atoms with E-state index in [1.165, 1.54) is 12.1 Å². The summed E-state index contributed by atoms with van der Waals surface area (Å²) in [5.74, 6) is -0.634. The van der Waals surface area contributed by atoms with E-state index >= 15 is 0 Å². The first-order valence-electron chi connectivity index (χ1n) is 5.14. The molecule has 0 saturated heterocycles. The SMILES string of the molecule is Cc1ccc(F)cc1C(=O)c1cccc(Cl)c1. The van der Waals surface area contributed by atoms with Crippen molar-refractivity contribution in [3.63, 3.8) is 0 Å². The topological polar surface area (TPSA) is 17.1 Å². The predicted molar refractivity (Wildman–Crippen MR) is 66.0 cm³/mol. The summed E-state index contributed by atoms with van der Waals surface area (Å²) in [6, 6.07) is 10.8. The third-order valence-electron chi connectivity index (χ3n) is 2.53. The van der Waals surface area contributed by atoms with Crippen LogP contribution in [0.25, 0.3) is 0 Å². The predicted octanol–water partition coefficient (Wildman–Crippen LogP) is 4.02. The normalized spacial score (nSPS) is 10.3. The first kappa shape index (κ1) is 11.8. The van der Waals surface area contributed by atoms with Crippen molar-refractivity contribution in [2.24, 2.45) is 0 Å². The second-order valence-electron chi connectivity index (χ2n) is 3.80. The molecule has 0 unspecified atom stereocenters. The van der Waals surface area contributed by atoms with Gasteiger partial charge in [0.1, 0.15) is 5.82 Å². The third kappa shape index (κ3) is 2.53. The zero-order valence-corrected chi connectivity index (χ0v) is 9.96. The molecular formula is C14H10ClFO. The maximum atomic E-state index is 13.1. The van der Waals surface area contributed by atoms with Gasteiger partial charge in [0.15, 0.2) is 5.78 Å². The molecular weight excluding hydrogens is 239 g/mol. The zero-order valence-electron chi connectivity index (χ0n) is 9.21. The minimum Gasteiger partial charge on any atom is -0.289 e. The van der Waals surface area contributed by atoms with Gasteiger partial charge in [-0.2, -0.15) is 0 Å². The molecule has 0 heterocycles. The summed E-state index contributed by atoms with van der Waals surface area (Å²) in [7, 11) is 0. The molecule has 0 spiro atoms. The van der Waals surface area contributed by atoms with E-state index in [2.05, 4.69) is 0 Å². The summed E-state index contributed by atoms with van der Waals surface area (Å²) < 4.78 is 13.1. The van der Waals surface area contributed by atoms with Crippen LogP contribution in [0, 0.1) is 12.7 Å². The van der Waals surface area contributed by atoms with Gasteiger partial charge in [-0.3, -0.25) is 4.79 Å². The van der Waals surface area contributed by atoms with Crippen LogP contribution in [0.3, 0.4) is 0 Å². The van der Waals surface area contributed by atoms with E-state index in [0.717, 1.165) is 5.56 Å². The van der Waals surface area contributed by atoms with Crippen LogP contribution in [0.5, 0.6) is 0 Å². The highest BCUT2D eigenvalue weighted by atomic mass is 35.5. The second kappa shape index (κ2) is 4.68. The van der Waals surface area contributed by atoms with E-state index in [0.29, 0.717) is 16.1 Å². The Morgan fingerprint density at radius 2 is 1.94 bits per heavy atom. The van der Waals surface area contributed by atoms with Crippen LogP contribution in [0.1, 0.15) is 21.5 Å². The lowest BCUT2D eigenvalue weighted by molar-refractivity contribution is 0.103. The first-order chi connectivity index (χ1) is 8.08. The van der Waals surface area contributed by atoms with Crippen LogP contribution in [0.15, 0.2) is 42.5 Å². The van der Waals surface area contributed by atoms with Crippen molar-refractivity contribution < 1.29 is 9.18 Å². The van der Waals surface area contributed by atoms with Crippen LogP contribution in [-0.2, 0) is 0 Å². The van der Waals surface area contributed by atoms with Crippen molar-refractivity contribution in [3.05, 3.63) is 70.0 Å². The Balaban J connectivity index is 2.47. The standard InChI is InChI=1S/C14H10ClFO/c1-9-5-6-12(16)8-13(9)14(17)10-3-2-4-11(15)7-10/h2-8H,1H3. The van der Waals surface area contributed by atoms with Crippen molar-refractivity contribution in [3.8, 4) is 0 Å². The summed E-state index contributed by atoms with van der Waals surface area (Å²) in [6.07, 6.45) is 0. The van der Waals surface area contributed by atoms with Crippen LogP contribution in [0.4, 0.5) is 4.39 Å². The van der Waals surface area contributed by atoms with Gasteiger partial charge in [-0.1, -0.05) is 29.8 Å². The molecule has 1 nitrogen and oxygen atoms in total. The lowest BCUT2D eigenvalue weighted by atomic mass is 9.99. The molecule has 0 aliphatic rings. The number of rotatable bonds is 2. The molecule has 0 amide bonds. The molecule has 2 aromatic rings. The highest BCUT2D eigenvalue weighted by molar-refractivity contribution is 6.31. The molecule has 0 atom stereocenters. The maximum Gasteiger partial charge on any atom is 0.193 e. The number of hydrogen-bond acceptors (Lipinski definition) is 1. The van der Waals surface area contributed by atoms with E-state index in [1.54, 1.807) is 37.3 Å². The van der Waals surface area contributed by atoms with Gasteiger partial charge in [-0.15, -0.1) is 0 Å². The molecule has 0 aliphatic heterocycles. The number of benzene rings is 2. The summed E-state index contributed by atoms with van der Waals surface area (Å²) in [5.41, 5.74) is 1.58. The molecule has 0 aliphatic carbocycles. The van der Waals surface area contributed by atoms with E-state index < -0.39 is 5.82 Å². The molecule has 17 heavy (non-hydrogen) atoms. The van der Waals surface area contributed by atoms with Gasteiger partial charge in [0, 0.05) is 16.1 Å². The molecule has 0 N–H and O–H groups in total. The fourth-order valence-corrected chi connectivity index (χ4v) is 1.81. The van der Waals surface area contributed by atoms with Crippen LogP contribution < -0.4 is 0 Å².